The predicted molar refractivity (Wildman–Crippen MR) is 103 cm³/mol. The summed E-state index contributed by atoms with van der Waals surface area (Å²) in [6.45, 7) is 0. The molecule has 1 fully saturated rings. The van der Waals surface area contributed by atoms with Crippen LogP contribution in [-0.2, 0) is 0 Å². The number of ether oxygens (including phenoxy) is 2. The Balaban J connectivity index is 1.72. The summed E-state index contributed by atoms with van der Waals surface area (Å²) in [5, 5.41) is 0. The highest BCUT2D eigenvalue weighted by Crippen LogP contribution is 2.26. The molecule has 0 heterocycles. The molecule has 2 aromatic rings. The summed E-state index contributed by atoms with van der Waals surface area (Å²) < 4.78 is 10.8. The van der Waals surface area contributed by atoms with Crippen molar-refractivity contribution in [1.82, 2.24) is 0 Å². The summed E-state index contributed by atoms with van der Waals surface area (Å²) >= 11 is 0. The van der Waals surface area contributed by atoms with Gasteiger partial charge in [0.05, 0.1) is 26.3 Å². The first-order chi connectivity index (χ1) is 12.3. The Morgan fingerprint density at radius 3 is 1.64 bits per heavy atom. The first kappa shape index (κ1) is 17.2. The molecule has 4 nitrogen and oxygen atoms in total. The van der Waals surface area contributed by atoms with Crippen LogP contribution < -0.4 is 9.47 Å². The molecule has 25 heavy (non-hydrogen) atoms. The number of hydrogen-bond donors (Lipinski definition) is 0. The zero-order valence-electron chi connectivity index (χ0n) is 14.8. The Hall–Kier alpha value is -2.62. The first-order valence-corrected chi connectivity index (χ1v) is 8.64. The Kier molecular flexibility index (Phi) is 5.83. The van der Waals surface area contributed by atoms with Crippen molar-refractivity contribution in [2.24, 2.45) is 9.98 Å². The lowest BCUT2D eigenvalue weighted by Crippen LogP contribution is -2.16. The summed E-state index contributed by atoms with van der Waals surface area (Å²) in [7, 11) is 3.37. The monoisotopic (exact) mass is 336 g/mol. The van der Waals surface area contributed by atoms with Gasteiger partial charge in [0, 0.05) is 23.6 Å². The van der Waals surface area contributed by atoms with Crippen molar-refractivity contribution in [2.75, 3.05) is 14.2 Å². The van der Waals surface area contributed by atoms with Crippen LogP contribution in [0, 0.1) is 0 Å². The minimum absolute atomic E-state index is 0.218. The lowest BCUT2D eigenvalue weighted by Gasteiger charge is -2.12. The van der Waals surface area contributed by atoms with Gasteiger partial charge in [-0.15, -0.1) is 0 Å². The number of nitrogens with zero attached hydrogens (tertiary/aromatic N) is 2. The van der Waals surface area contributed by atoms with Crippen molar-refractivity contribution in [3.05, 3.63) is 59.7 Å². The van der Waals surface area contributed by atoms with E-state index in [2.05, 4.69) is 0 Å². The predicted octanol–water partition coefficient (Wildman–Crippen LogP) is 4.16. The number of hydrogen-bond acceptors (Lipinski definition) is 4. The second-order valence-electron chi connectivity index (χ2n) is 6.11. The molecule has 1 aliphatic carbocycles. The average Bonchev–Trinajstić information content (AvgIpc) is 3.12. The number of aliphatic imine (C=N–C) groups is 2. The molecule has 4 heteroatoms. The van der Waals surface area contributed by atoms with Gasteiger partial charge in [0.25, 0.3) is 0 Å². The summed E-state index contributed by atoms with van der Waals surface area (Å²) in [5.74, 6) is 1.69. The molecule has 1 saturated carbocycles. The molecule has 1 aliphatic rings. The Labute approximate surface area is 149 Å². The van der Waals surface area contributed by atoms with Crippen molar-refractivity contribution in [3.8, 4) is 11.5 Å². The average molecular weight is 336 g/mol. The van der Waals surface area contributed by atoms with Crippen molar-refractivity contribution in [1.29, 1.82) is 0 Å². The normalized spacial score (nSPS) is 20.4. The van der Waals surface area contributed by atoms with Crippen LogP contribution in [0.15, 0.2) is 58.5 Å². The minimum Gasteiger partial charge on any atom is -0.496 e. The maximum absolute atomic E-state index is 5.38. The third-order valence-corrected chi connectivity index (χ3v) is 4.53. The molecular weight excluding hydrogens is 312 g/mol. The lowest BCUT2D eigenvalue weighted by atomic mass is 10.1. The smallest absolute Gasteiger partial charge is 0.127 e. The third-order valence-electron chi connectivity index (χ3n) is 4.53. The van der Waals surface area contributed by atoms with Gasteiger partial charge in [-0.3, -0.25) is 9.98 Å². The van der Waals surface area contributed by atoms with Crippen molar-refractivity contribution in [3.63, 3.8) is 0 Å². The van der Waals surface area contributed by atoms with Gasteiger partial charge in [-0.2, -0.15) is 0 Å². The third kappa shape index (κ3) is 4.27. The lowest BCUT2D eigenvalue weighted by molar-refractivity contribution is 0.414. The molecule has 130 valence electrons. The van der Waals surface area contributed by atoms with Gasteiger partial charge in [-0.1, -0.05) is 24.3 Å². The van der Waals surface area contributed by atoms with Gasteiger partial charge >= 0.3 is 0 Å². The highest BCUT2D eigenvalue weighted by atomic mass is 16.5. The molecule has 0 aromatic heterocycles. The summed E-state index contributed by atoms with van der Waals surface area (Å²) in [6, 6.07) is 16.3. The summed E-state index contributed by atoms with van der Waals surface area (Å²) in [5.41, 5.74) is 2.01. The molecular formula is C21H24N2O2. The van der Waals surface area contributed by atoms with E-state index in [1.165, 1.54) is 0 Å². The second kappa shape index (κ2) is 8.47. The summed E-state index contributed by atoms with van der Waals surface area (Å²) in [4.78, 5) is 9.58. The van der Waals surface area contributed by atoms with Gasteiger partial charge < -0.3 is 9.47 Å². The summed E-state index contributed by atoms with van der Waals surface area (Å²) in [6.07, 6.45) is 7.13. The Morgan fingerprint density at radius 2 is 1.20 bits per heavy atom. The topological polar surface area (TPSA) is 43.2 Å². The molecule has 0 aliphatic heterocycles. The van der Waals surface area contributed by atoms with Crippen LogP contribution in [0.3, 0.4) is 0 Å². The molecule has 0 N–H and O–H groups in total. The number of para-hydroxylation sites is 2. The fourth-order valence-corrected chi connectivity index (χ4v) is 3.17. The van der Waals surface area contributed by atoms with Gasteiger partial charge in [0.1, 0.15) is 11.5 Å². The molecule has 2 atom stereocenters. The number of rotatable bonds is 6. The largest absolute Gasteiger partial charge is 0.496 e. The SMILES string of the molecule is COc1ccccc1/C=N/C1CCCC1/N=C/c1ccccc1OC. The van der Waals surface area contributed by atoms with E-state index < -0.39 is 0 Å². The standard InChI is InChI=1S/C21H24N2O2/c1-24-20-12-5-3-8-16(20)14-22-18-10-7-11-19(18)23-15-17-9-4-6-13-21(17)25-2/h3-6,8-9,12-15,18-19H,7,10-11H2,1-2H3/b22-14+,23-15+. The maximum Gasteiger partial charge on any atom is 0.127 e. The van der Waals surface area contributed by atoms with E-state index in [-0.39, 0.29) is 12.1 Å². The van der Waals surface area contributed by atoms with E-state index in [1.54, 1.807) is 14.2 Å². The van der Waals surface area contributed by atoms with E-state index in [4.69, 9.17) is 19.5 Å². The molecule has 3 rings (SSSR count). The van der Waals surface area contributed by atoms with E-state index in [1.807, 2.05) is 61.0 Å². The van der Waals surface area contributed by atoms with Crippen molar-refractivity contribution in [2.45, 2.75) is 31.3 Å². The minimum atomic E-state index is 0.218. The van der Waals surface area contributed by atoms with Crippen LogP contribution in [0.25, 0.3) is 0 Å². The van der Waals surface area contributed by atoms with E-state index in [0.29, 0.717) is 0 Å². The van der Waals surface area contributed by atoms with Gasteiger partial charge in [-0.05, 0) is 43.5 Å². The Morgan fingerprint density at radius 1 is 0.760 bits per heavy atom. The van der Waals surface area contributed by atoms with Crippen LogP contribution in [0.4, 0.5) is 0 Å². The van der Waals surface area contributed by atoms with Crippen LogP contribution in [-0.4, -0.2) is 38.7 Å². The fraction of sp³-hybridized carbons (Fsp3) is 0.333. The maximum atomic E-state index is 5.38. The molecule has 2 unspecified atom stereocenters. The van der Waals surface area contributed by atoms with Crippen LogP contribution in [0.2, 0.25) is 0 Å². The molecule has 0 saturated heterocycles. The van der Waals surface area contributed by atoms with Crippen molar-refractivity contribution >= 4 is 12.4 Å². The van der Waals surface area contributed by atoms with E-state index >= 15 is 0 Å². The van der Waals surface area contributed by atoms with Crippen LogP contribution >= 0.6 is 0 Å². The Bertz CT molecular complexity index is 692. The van der Waals surface area contributed by atoms with Gasteiger partial charge in [0.2, 0.25) is 0 Å². The highest BCUT2D eigenvalue weighted by molar-refractivity contribution is 5.84. The van der Waals surface area contributed by atoms with E-state index in [9.17, 15) is 0 Å². The quantitative estimate of drug-likeness (QED) is 0.743. The molecule has 2 aromatic carbocycles. The second-order valence-corrected chi connectivity index (χ2v) is 6.11. The highest BCUT2D eigenvalue weighted by Gasteiger charge is 2.25. The van der Waals surface area contributed by atoms with Gasteiger partial charge in [-0.25, -0.2) is 0 Å². The van der Waals surface area contributed by atoms with E-state index in [0.717, 1.165) is 41.9 Å². The molecule has 0 amide bonds. The van der Waals surface area contributed by atoms with Crippen LogP contribution in [0.1, 0.15) is 30.4 Å². The molecule has 0 spiro atoms. The number of benzene rings is 2. The zero-order chi connectivity index (χ0) is 17.5. The van der Waals surface area contributed by atoms with Crippen LogP contribution in [0.5, 0.6) is 11.5 Å². The first-order valence-electron chi connectivity index (χ1n) is 8.64. The fourth-order valence-electron chi connectivity index (χ4n) is 3.17. The number of methoxy groups -OCH3 is 2. The molecule has 0 radical (unpaired) electrons. The zero-order valence-corrected chi connectivity index (χ0v) is 14.8. The molecule has 0 bridgehead atoms. The van der Waals surface area contributed by atoms with Crippen molar-refractivity contribution < 1.29 is 9.47 Å². The van der Waals surface area contributed by atoms with Gasteiger partial charge in [0.15, 0.2) is 0 Å².